The quantitative estimate of drug-likeness (QED) is 0.670. The molecule has 0 aliphatic rings. The lowest BCUT2D eigenvalue weighted by Gasteiger charge is -2.23. The molecule has 164 valence electrons. The standard InChI is InChI=1S/C19H19ClF3NO5S/c1-18(2,3)11-6-8-14(29-4)15(16(11)25)17(26)24-13-7-5-10(9-12(13)20)30(27,28)19(21,22)23/h5-9,25H,1-4H3,(H,24,26). The van der Waals surface area contributed by atoms with Crippen molar-refractivity contribution in [3.8, 4) is 11.5 Å². The molecule has 0 heterocycles. The van der Waals surface area contributed by atoms with E-state index < -0.39 is 36.6 Å². The Hall–Kier alpha value is -2.46. The van der Waals surface area contributed by atoms with Crippen molar-refractivity contribution < 1.29 is 36.2 Å². The summed E-state index contributed by atoms with van der Waals surface area (Å²) in [5, 5.41) is 12.5. The Morgan fingerprint density at radius 1 is 1.13 bits per heavy atom. The number of anilines is 1. The molecule has 6 nitrogen and oxygen atoms in total. The number of nitrogens with one attached hydrogen (secondary N) is 1. The van der Waals surface area contributed by atoms with Gasteiger partial charge in [-0.1, -0.05) is 38.4 Å². The molecule has 2 rings (SSSR count). The molecule has 30 heavy (non-hydrogen) atoms. The van der Waals surface area contributed by atoms with Crippen LogP contribution >= 0.6 is 11.6 Å². The van der Waals surface area contributed by atoms with Gasteiger partial charge in [0.25, 0.3) is 15.7 Å². The van der Waals surface area contributed by atoms with Gasteiger partial charge in [-0.25, -0.2) is 8.42 Å². The third-order valence-electron chi connectivity index (χ3n) is 4.20. The normalized spacial score (nSPS) is 12.5. The van der Waals surface area contributed by atoms with Gasteiger partial charge in [0.2, 0.25) is 0 Å². The first-order valence-electron chi connectivity index (χ1n) is 8.44. The van der Waals surface area contributed by atoms with E-state index in [1.165, 1.54) is 13.2 Å². The van der Waals surface area contributed by atoms with Crippen molar-refractivity contribution in [2.24, 2.45) is 0 Å². The number of aromatic hydroxyl groups is 1. The predicted molar refractivity (Wildman–Crippen MR) is 106 cm³/mol. The lowest BCUT2D eigenvalue weighted by Crippen LogP contribution is -2.23. The fourth-order valence-electron chi connectivity index (χ4n) is 2.65. The van der Waals surface area contributed by atoms with E-state index in [1.54, 1.807) is 6.07 Å². The topological polar surface area (TPSA) is 92.7 Å². The van der Waals surface area contributed by atoms with Crippen LogP contribution in [0.15, 0.2) is 35.2 Å². The molecule has 0 atom stereocenters. The lowest BCUT2D eigenvalue weighted by molar-refractivity contribution is -0.0436. The summed E-state index contributed by atoms with van der Waals surface area (Å²) in [6.07, 6.45) is 0. The van der Waals surface area contributed by atoms with Crippen molar-refractivity contribution >= 4 is 33.0 Å². The van der Waals surface area contributed by atoms with Crippen LogP contribution in [0.4, 0.5) is 18.9 Å². The Kier molecular flexibility index (Phi) is 6.34. The summed E-state index contributed by atoms with van der Waals surface area (Å²) in [6.45, 7) is 5.48. The van der Waals surface area contributed by atoms with Gasteiger partial charge in [-0.3, -0.25) is 4.79 Å². The van der Waals surface area contributed by atoms with E-state index in [4.69, 9.17) is 16.3 Å². The van der Waals surface area contributed by atoms with E-state index in [9.17, 15) is 31.5 Å². The van der Waals surface area contributed by atoms with Gasteiger partial charge >= 0.3 is 5.51 Å². The van der Waals surface area contributed by atoms with Gasteiger partial charge in [-0.15, -0.1) is 0 Å². The van der Waals surface area contributed by atoms with Crippen molar-refractivity contribution in [1.29, 1.82) is 0 Å². The summed E-state index contributed by atoms with van der Waals surface area (Å²) >= 11 is 5.89. The zero-order valence-corrected chi connectivity index (χ0v) is 18.0. The number of phenols is 1. The molecule has 0 saturated heterocycles. The van der Waals surface area contributed by atoms with Gasteiger partial charge in [0, 0.05) is 5.56 Å². The van der Waals surface area contributed by atoms with Crippen molar-refractivity contribution in [3.63, 3.8) is 0 Å². The number of hydrogen-bond acceptors (Lipinski definition) is 5. The van der Waals surface area contributed by atoms with Crippen molar-refractivity contribution in [2.45, 2.75) is 36.6 Å². The van der Waals surface area contributed by atoms with Crippen LogP contribution in [-0.4, -0.2) is 32.0 Å². The third-order valence-corrected chi connectivity index (χ3v) is 6.00. The molecule has 0 saturated carbocycles. The molecule has 0 bridgehead atoms. The molecule has 1 amide bonds. The highest BCUT2D eigenvalue weighted by Crippen LogP contribution is 2.39. The SMILES string of the molecule is COc1ccc(C(C)(C)C)c(O)c1C(=O)Nc1ccc(S(=O)(=O)C(F)(F)F)cc1Cl. The van der Waals surface area contributed by atoms with Crippen LogP contribution in [0.3, 0.4) is 0 Å². The Bertz CT molecular complexity index is 1090. The number of benzene rings is 2. The molecule has 0 aliphatic carbocycles. The van der Waals surface area contributed by atoms with E-state index >= 15 is 0 Å². The summed E-state index contributed by atoms with van der Waals surface area (Å²) in [5.74, 6) is -1.11. The summed E-state index contributed by atoms with van der Waals surface area (Å²) in [5.41, 5.74) is -5.88. The summed E-state index contributed by atoms with van der Waals surface area (Å²) in [4.78, 5) is 11.7. The molecule has 0 spiro atoms. The van der Waals surface area contributed by atoms with Crippen LogP contribution in [0.1, 0.15) is 36.7 Å². The largest absolute Gasteiger partial charge is 0.507 e. The number of ether oxygens (including phenoxy) is 1. The smallest absolute Gasteiger partial charge is 0.501 e. The zero-order valence-electron chi connectivity index (χ0n) is 16.4. The maximum atomic E-state index is 12.8. The van der Waals surface area contributed by atoms with Crippen molar-refractivity contribution in [2.75, 3.05) is 12.4 Å². The monoisotopic (exact) mass is 465 g/mol. The van der Waals surface area contributed by atoms with Gasteiger partial charge in [0.1, 0.15) is 17.1 Å². The number of halogens is 4. The van der Waals surface area contributed by atoms with E-state index in [0.717, 1.165) is 6.07 Å². The second-order valence-corrected chi connectivity index (χ2v) is 9.68. The van der Waals surface area contributed by atoms with E-state index in [-0.39, 0.29) is 22.7 Å². The first-order chi connectivity index (χ1) is 13.6. The number of alkyl halides is 3. The molecule has 0 unspecified atom stereocenters. The fraction of sp³-hybridized carbons (Fsp3) is 0.316. The first-order valence-corrected chi connectivity index (χ1v) is 10.3. The van der Waals surface area contributed by atoms with Gasteiger partial charge in [-0.2, -0.15) is 13.2 Å². The first kappa shape index (κ1) is 23.8. The minimum absolute atomic E-state index is 0.0605. The molecule has 0 radical (unpaired) electrons. The predicted octanol–water partition coefficient (Wildman–Crippen LogP) is 4.90. The number of methoxy groups -OCH3 is 1. The minimum Gasteiger partial charge on any atom is -0.507 e. The highest BCUT2D eigenvalue weighted by Gasteiger charge is 2.47. The van der Waals surface area contributed by atoms with Crippen molar-refractivity contribution in [1.82, 2.24) is 0 Å². The second kappa shape index (κ2) is 7.99. The van der Waals surface area contributed by atoms with Crippen molar-refractivity contribution in [3.05, 3.63) is 46.5 Å². The van der Waals surface area contributed by atoms with Crippen LogP contribution in [0.25, 0.3) is 0 Å². The molecular formula is C19H19ClF3NO5S. The number of carbonyl (C=O) groups excluding carboxylic acids is 1. The Morgan fingerprint density at radius 3 is 2.20 bits per heavy atom. The average Bonchev–Trinajstić information content (AvgIpc) is 2.60. The molecule has 0 aromatic heterocycles. The van der Waals surface area contributed by atoms with Crippen LogP contribution < -0.4 is 10.1 Å². The number of carbonyl (C=O) groups is 1. The van der Waals surface area contributed by atoms with Gasteiger partial charge in [0.15, 0.2) is 0 Å². The Labute approximate surface area is 176 Å². The summed E-state index contributed by atoms with van der Waals surface area (Å²) in [7, 11) is -4.30. The molecular weight excluding hydrogens is 447 g/mol. The molecule has 2 aromatic carbocycles. The van der Waals surface area contributed by atoms with E-state index in [1.807, 2.05) is 20.8 Å². The molecule has 2 aromatic rings. The highest BCUT2D eigenvalue weighted by atomic mass is 35.5. The van der Waals surface area contributed by atoms with Crippen LogP contribution in [-0.2, 0) is 15.3 Å². The lowest BCUT2D eigenvalue weighted by atomic mass is 9.85. The maximum Gasteiger partial charge on any atom is 0.501 e. The van der Waals surface area contributed by atoms with Gasteiger partial charge < -0.3 is 15.2 Å². The molecule has 11 heteroatoms. The van der Waals surface area contributed by atoms with E-state index in [2.05, 4.69) is 5.32 Å². The number of rotatable bonds is 4. The van der Waals surface area contributed by atoms with Gasteiger partial charge in [-0.05, 0) is 29.7 Å². The van der Waals surface area contributed by atoms with Crippen LogP contribution in [0.2, 0.25) is 5.02 Å². The zero-order chi connectivity index (χ0) is 23.1. The maximum absolute atomic E-state index is 12.8. The average molecular weight is 466 g/mol. The Balaban J connectivity index is 2.47. The van der Waals surface area contributed by atoms with Crippen LogP contribution in [0, 0.1) is 0 Å². The van der Waals surface area contributed by atoms with Gasteiger partial charge in [0.05, 0.1) is 22.7 Å². The fourth-order valence-corrected chi connectivity index (χ4v) is 3.73. The number of amides is 1. The number of sulfone groups is 1. The molecule has 0 fully saturated rings. The summed E-state index contributed by atoms with van der Waals surface area (Å²) < 4.78 is 66.2. The molecule has 2 N–H and O–H groups in total. The third kappa shape index (κ3) is 4.49. The van der Waals surface area contributed by atoms with Crippen LogP contribution in [0.5, 0.6) is 11.5 Å². The number of hydrogen-bond donors (Lipinski definition) is 2. The number of phenolic OH excluding ortho intramolecular Hbond substituents is 1. The minimum atomic E-state index is -5.59. The summed E-state index contributed by atoms with van der Waals surface area (Å²) in [6, 6.07) is 5.29. The van der Waals surface area contributed by atoms with E-state index in [0.29, 0.717) is 17.7 Å². The molecule has 0 aliphatic heterocycles. The highest BCUT2D eigenvalue weighted by molar-refractivity contribution is 7.92. The second-order valence-electron chi connectivity index (χ2n) is 7.33. The Morgan fingerprint density at radius 2 is 1.73 bits per heavy atom.